The van der Waals surface area contributed by atoms with Crippen molar-refractivity contribution in [2.75, 3.05) is 38.2 Å². The van der Waals surface area contributed by atoms with Crippen LogP contribution in [-0.2, 0) is 35.2 Å². The number of rotatable bonds is 21. The van der Waals surface area contributed by atoms with Crippen LogP contribution in [0.4, 0.5) is 10.5 Å². The number of anilines is 1. The van der Waals surface area contributed by atoms with Crippen molar-refractivity contribution in [1.29, 1.82) is 0 Å². The lowest BCUT2D eigenvalue weighted by molar-refractivity contribution is -0.133. The minimum Gasteiger partial charge on any atom is -0.445 e. The number of unbranched alkanes of at least 4 members (excludes halogenated alkanes) is 2. The summed E-state index contributed by atoms with van der Waals surface area (Å²) < 4.78 is 16.3. The Hall–Kier alpha value is -3.22. The summed E-state index contributed by atoms with van der Waals surface area (Å²) in [4.78, 5) is 49.2. The third-order valence-corrected chi connectivity index (χ3v) is 6.10. The van der Waals surface area contributed by atoms with E-state index < -0.39 is 18.0 Å². The van der Waals surface area contributed by atoms with Crippen molar-refractivity contribution in [1.82, 2.24) is 16.0 Å². The molecule has 1 atom stereocenters. The summed E-state index contributed by atoms with van der Waals surface area (Å²) in [6.45, 7) is 10.8. The van der Waals surface area contributed by atoms with Gasteiger partial charge in [-0.2, -0.15) is 0 Å². The Bertz CT molecular complexity index is 954. The van der Waals surface area contributed by atoms with Gasteiger partial charge in [0.05, 0.1) is 5.60 Å². The van der Waals surface area contributed by atoms with E-state index in [1.54, 1.807) is 24.3 Å². The Balaban J connectivity index is 2.50. The molecule has 0 saturated heterocycles. The smallest absolute Gasteiger partial charge is 0.407 e. The molecule has 1 rings (SSSR count). The van der Waals surface area contributed by atoms with E-state index in [0.717, 1.165) is 18.4 Å². The molecule has 0 aromatic heterocycles. The van der Waals surface area contributed by atoms with Crippen LogP contribution in [0, 0.1) is 0 Å². The molecule has 0 aliphatic rings. The van der Waals surface area contributed by atoms with Crippen molar-refractivity contribution in [3.8, 4) is 0 Å². The topological polar surface area (TPSA) is 170 Å². The summed E-state index contributed by atoms with van der Waals surface area (Å²) in [7, 11) is 0. The molecule has 1 unspecified atom stereocenters. The minimum atomic E-state index is -0.806. The van der Waals surface area contributed by atoms with Gasteiger partial charge in [0.1, 0.15) is 25.9 Å². The minimum absolute atomic E-state index is 0.0251. The molecule has 0 saturated carbocycles. The molecule has 0 aliphatic heterocycles. The SMILES string of the molecule is CCCCOC(C)(C)CCNC(=O)COCC(=O)NC(CCCCN)C(=O)Nc1ccc(COC(=O)NC(C)C)cc1. The number of carbonyl (C=O) groups excluding carboxylic acids is 4. The number of nitrogens with one attached hydrogen (secondary N) is 4. The molecule has 0 aliphatic carbocycles. The second-order valence-corrected chi connectivity index (χ2v) is 11.0. The van der Waals surface area contributed by atoms with Gasteiger partial charge in [0.25, 0.3) is 0 Å². The first-order chi connectivity index (χ1) is 20.0. The van der Waals surface area contributed by atoms with Gasteiger partial charge in [-0.3, -0.25) is 14.4 Å². The fraction of sp³-hybridized carbons (Fsp3) is 0.667. The standard InChI is InChI=1S/C30H51N5O7/c1-6-7-18-42-30(4,5)15-17-32-26(36)20-40-21-27(37)35-25(10-8-9-16-31)28(38)34-24-13-11-23(12-14-24)19-41-29(39)33-22(2)3/h11-14,22,25H,6-10,15-21,31H2,1-5H3,(H,32,36)(H,33,39)(H,34,38)(H,35,37). The fourth-order valence-electron chi connectivity index (χ4n) is 3.69. The molecule has 6 N–H and O–H groups in total. The van der Waals surface area contributed by atoms with Gasteiger partial charge >= 0.3 is 6.09 Å². The van der Waals surface area contributed by atoms with Gasteiger partial charge in [-0.25, -0.2) is 4.79 Å². The maximum atomic E-state index is 13.0. The average molecular weight is 594 g/mol. The number of amides is 4. The van der Waals surface area contributed by atoms with Crippen LogP contribution in [0.3, 0.4) is 0 Å². The molecule has 42 heavy (non-hydrogen) atoms. The van der Waals surface area contributed by atoms with E-state index >= 15 is 0 Å². The molecule has 1 aromatic rings. The predicted octanol–water partition coefficient (Wildman–Crippen LogP) is 2.99. The number of alkyl carbamates (subject to hydrolysis) is 1. The van der Waals surface area contributed by atoms with E-state index in [-0.39, 0.29) is 43.3 Å². The van der Waals surface area contributed by atoms with E-state index in [2.05, 4.69) is 28.2 Å². The van der Waals surface area contributed by atoms with E-state index in [1.807, 2.05) is 27.7 Å². The van der Waals surface area contributed by atoms with Crippen LogP contribution < -0.4 is 27.0 Å². The Morgan fingerprint density at radius 2 is 1.64 bits per heavy atom. The van der Waals surface area contributed by atoms with Crippen LogP contribution in [0.25, 0.3) is 0 Å². The van der Waals surface area contributed by atoms with E-state index in [9.17, 15) is 19.2 Å². The molecule has 0 bridgehead atoms. The van der Waals surface area contributed by atoms with Gasteiger partial charge in [-0.15, -0.1) is 0 Å². The molecular formula is C30H51N5O7. The zero-order chi connectivity index (χ0) is 31.4. The highest BCUT2D eigenvalue weighted by atomic mass is 16.5. The lowest BCUT2D eigenvalue weighted by atomic mass is 10.1. The Morgan fingerprint density at radius 3 is 2.29 bits per heavy atom. The summed E-state index contributed by atoms with van der Waals surface area (Å²) in [5, 5.41) is 10.9. The van der Waals surface area contributed by atoms with E-state index in [1.165, 1.54) is 0 Å². The predicted molar refractivity (Wildman–Crippen MR) is 162 cm³/mol. The lowest BCUT2D eigenvalue weighted by Crippen LogP contribution is -2.45. The van der Waals surface area contributed by atoms with Gasteiger partial charge in [-0.05, 0) is 84.0 Å². The third-order valence-electron chi connectivity index (χ3n) is 6.10. The Kier molecular flexibility index (Phi) is 18.1. The quantitative estimate of drug-likeness (QED) is 0.135. The number of nitrogens with two attached hydrogens (primary N) is 1. The van der Waals surface area contributed by atoms with Crippen molar-refractivity contribution < 1.29 is 33.4 Å². The zero-order valence-corrected chi connectivity index (χ0v) is 25.9. The largest absolute Gasteiger partial charge is 0.445 e. The molecular weight excluding hydrogens is 542 g/mol. The van der Waals surface area contributed by atoms with Crippen molar-refractivity contribution >= 4 is 29.5 Å². The second-order valence-electron chi connectivity index (χ2n) is 11.0. The van der Waals surface area contributed by atoms with Crippen LogP contribution in [0.2, 0.25) is 0 Å². The van der Waals surface area contributed by atoms with Crippen LogP contribution in [-0.4, -0.2) is 74.4 Å². The van der Waals surface area contributed by atoms with Crippen molar-refractivity contribution in [2.45, 2.75) is 97.4 Å². The molecule has 1 aromatic carbocycles. The first-order valence-electron chi connectivity index (χ1n) is 14.8. The number of carbonyl (C=O) groups is 4. The first-order valence-corrected chi connectivity index (χ1v) is 14.8. The summed E-state index contributed by atoms with van der Waals surface area (Å²) in [6.07, 6.45) is 3.93. The second kappa shape index (κ2) is 20.6. The van der Waals surface area contributed by atoms with E-state index in [4.69, 9.17) is 19.9 Å². The summed E-state index contributed by atoms with van der Waals surface area (Å²) in [6, 6.07) is 6.02. The van der Waals surface area contributed by atoms with Crippen LogP contribution in [0.15, 0.2) is 24.3 Å². The van der Waals surface area contributed by atoms with Gasteiger partial charge < -0.3 is 41.2 Å². The number of benzene rings is 1. The van der Waals surface area contributed by atoms with Crippen molar-refractivity contribution in [3.05, 3.63) is 29.8 Å². The molecule has 0 spiro atoms. The van der Waals surface area contributed by atoms with Crippen LogP contribution >= 0.6 is 0 Å². The van der Waals surface area contributed by atoms with Gasteiger partial charge in [-0.1, -0.05) is 25.5 Å². The van der Waals surface area contributed by atoms with Crippen LogP contribution in [0.5, 0.6) is 0 Å². The Morgan fingerprint density at radius 1 is 0.952 bits per heavy atom. The molecule has 4 amide bonds. The molecule has 0 radical (unpaired) electrons. The number of hydrogen-bond donors (Lipinski definition) is 5. The number of ether oxygens (including phenoxy) is 3. The van der Waals surface area contributed by atoms with Gasteiger partial charge in [0, 0.05) is 24.9 Å². The third kappa shape index (κ3) is 17.6. The van der Waals surface area contributed by atoms with Gasteiger partial charge in [0.15, 0.2) is 0 Å². The van der Waals surface area contributed by atoms with Crippen LogP contribution in [0.1, 0.15) is 78.7 Å². The molecule has 0 fully saturated rings. The molecule has 12 heteroatoms. The van der Waals surface area contributed by atoms with Crippen molar-refractivity contribution in [3.63, 3.8) is 0 Å². The highest BCUT2D eigenvalue weighted by Crippen LogP contribution is 2.14. The number of hydrogen-bond acceptors (Lipinski definition) is 8. The lowest BCUT2D eigenvalue weighted by Gasteiger charge is -2.25. The first kappa shape index (κ1) is 36.8. The summed E-state index contributed by atoms with van der Waals surface area (Å²) in [5.41, 5.74) is 6.53. The highest BCUT2D eigenvalue weighted by molar-refractivity contribution is 5.97. The van der Waals surface area contributed by atoms with Gasteiger partial charge in [0.2, 0.25) is 17.7 Å². The van der Waals surface area contributed by atoms with E-state index in [0.29, 0.717) is 51.1 Å². The normalized spacial score (nSPS) is 12.0. The zero-order valence-electron chi connectivity index (χ0n) is 25.9. The Labute approximate surface area is 250 Å². The summed E-state index contributed by atoms with van der Waals surface area (Å²) in [5.74, 6) is -1.23. The molecule has 238 valence electrons. The highest BCUT2D eigenvalue weighted by Gasteiger charge is 2.21. The summed E-state index contributed by atoms with van der Waals surface area (Å²) >= 11 is 0. The average Bonchev–Trinajstić information content (AvgIpc) is 2.91. The van der Waals surface area contributed by atoms with Crippen molar-refractivity contribution in [2.24, 2.45) is 5.73 Å². The molecule has 0 heterocycles. The fourth-order valence-corrected chi connectivity index (χ4v) is 3.69. The molecule has 12 nitrogen and oxygen atoms in total. The monoisotopic (exact) mass is 593 g/mol. The maximum absolute atomic E-state index is 13.0. The maximum Gasteiger partial charge on any atom is 0.407 e.